The fraction of sp³-hybridized carbons (Fsp3) is 1.00. The molecule has 1 aliphatic heterocycles. The molecule has 0 bridgehead atoms. The number of aliphatic hydroxyl groups excluding tert-OH is 2. The Morgan fingerprint density at radius 3 is 2.67 bits per heavy atom. The van der Waals surface area contributed by atoms with Gasteiger partial charge < -0.3 is 10.2 Å². The van der Waals surface area contributed by atoms with Gasteiger partial charge in [-0.2, -0.15) is 0 Å². The minimum Gasteiger partial charge on any atom is -0.396 e. The molecule has 3 heteroatoms. The standard InChI is InChI=1S/C12H23NO2/c14-9-3-5-10-4-2-8-13(10)11-6-1-7-12(11)15/h10-12,14-15H,1-9H2/t10?,11-,12-/m1/s1. The van der Waals surface area contributed by atoms with Crippen molar-refractivity contribution in [3.8, 4) is 0 Å². The van der Waals surface area contributed by atoms with Gasteiger partial charge in [0.2, 0.25) is 0 Å². The summed E-state index contributed by atoms with van der Waals surface area (Å²) in [7, 11) is 0. The van der Waals surface area contributed by atoms with Crippen LogP contribution in [0.3, 0.4) is 0 Å². The van der Waals surface area contributed by atoms with Gasteiger partial charge in [-0.1, -0.05) is 0 Å². The van der Waals surface area contributed by atoms with E-state index in [0.29, 0.717) is 18.7 Å². The van der Waals surface area contributed by atoms with Crippen molar-refractivity contribution in [1.29, 1.82) is 0 Å². The summed E-state index contributed by atoms with van der Waals surface area (Å²) in [6.45, 7) is 1.45. The largest absolute Gasteiger partial charge is 0.396 e. The van der Waals surface area contributed by atoms with Gasteiger partial charge in [-0.05, 0) is 51.5 Å². The summed E-state index contributed by atoms with van der Waals surface area (Å²) in [5, 5.41) is 18.8. The lowest BCUT2D eigenvalue weighted by molar-refractivity contribution is 0.0591. The molecule has 1 unspecified atom stereocenters. The predicted molar refractivity (Wildman–Crippen MR) is 59.7 cm³/mol. The van der Waals surface area contributed by atoms with Crippen LogP contribution in [0.15, 0.2) is 0 Å². The van der Waals surface area contributed by atoms with E-state index in [4.69, 9.17) is 5.11 Å². The van der Waals surface area contributed by atoms with Crippen LogP contribution in [0.2, 0.25) is 0 Å². The third-order valence-electron chi connectivity index (χ3n) is 3.99. The smallest absolute Gasteiger partial charge is 0.0695 e. The van der Waals surface area contributed by atoms with E-state index < -0.39 is 0 Å². The van der Waals surface area contributed by atoms with Crippen molar-refractivity contribution in [2.24, 2.45) is 0 Å². The second-order valence-electron chi connectivity index (χ2n) is 4.97. The van der Waals surface area contributed by atoms with E-state index in [9.17, 15) is 5.11 Å². The summed E-state index contributed by atoms with van der Waals surface area (Å²) in [5.74, 6) is 0. The zero-order valence-electron chi connectivity index (χ0n) is 9.44. The Morgan fingerprint density at radius 1 is 1.13 bits per heavy atom. The monoisotopic (exact) mass is 213 g/mol. The molecule has 15 heavy (non-hydrogen) atoms. The molecular weight excluding hydrogens is 190 g/mol. The van der Waals surface area contributed by atoms with Crippen LogP contribution in [0, 0.1) is 0 Å². The Morgan fingerprint density at radius 2 is 2.00 bits per heavy atom. The molecule has 2 fully saturated rings. The van der Waals surface area contributed by atoms with Crippen molar-refractivity contribution in [2.75, 3.05) is 13.2 Å². The summed E-state index contributed by atoms with van der Waals surface area (Å²) in [4.78, 5) is 2.51. The normalized spacial score (nSPS) is 37.6. The first-order chi connectivity index (χ1) is 7.33. The van der Waals surface area contributed by atoms with Crippen LogP contribution < -0.4 is 0 Å². The van der Waals surface area contributed by atoms with E-state index in [0.717, 1.165) is 32.2 Å². The summed E-state index contributed by atoms with van der Waals surface area (Å²) in [6, 6.07) is 1.03. The number of rotatable bonds is 4. The minimum atomic E-state index is -0.0975. The molecule has 3 nitrogen and oxygen atoms in total. The lowest BCUT2D eigenvalue weighted by atomic mass is 10.1. The van der Waals surface area contributed by atoms with Crippen LogP contribution in [0.25, 0.3) is 0 Å². The van der Waals surface area contributed by atoms with Crippen LogP contribution in [-0.2, 0) is 0 Å². The van der Waals surface area contributed by atoms with Crippen molar-refractivity contribution in [3.05, 3.63) is 0 Å². The number of hydrogen-bond donors (Lipinski definition) is 2. The lowest BCUT2D eigenvalue weighted by Crippen LogP contribution is -2.43. The van der Waals surface area contributed by atoms with Crippen molar-refractivity contribution < 1.29 is 10.2 Å². The van der Waals surface area contributed by atoms with Crippen molar-refractivity contribution in [3.63, 3.8) is 0 Å². The fourth-order valence-corrected chi connectivity index (χ4v) is 3.24. The Bertz CT molecular complexity index is 198. The van der Waals surface area contributed by atoms with Gasteiger partial charge in [0.1, 0.15) is 0 Å². The van der Waals surface area contributed by atoms with Gasteiger partial charge in [0, 0.05) is 18.7 Å². The van der Waals surface area contributed by atoms with E-state index in [2.05, 4.69) is 4.90 Å². The quantitative estimate of drug-likeness (QED) is 0.736. The first-order valence-corrected chi connectivity index (χ1v) is 6.37. The molecule has 0 spiro atoms. The van der Waals surface area contributed by atoms with E-state index in [1.807, 2.05) is 0 Å². The van der Waals surface area contributed by atoms with Crippen LogP contribution in [0.1, 0.15) is 44.9 Å². The predicted octanol–water partition coefficient (Wildman–Crippen LogP) is 1.14. The number of hydrogen-bond acceptors (Lipinski definition) is 3. The highest BCUT2D eigenvalue weighted by molar-refractivity contribution is 4.91. The number of nitrogens with zero attached hydrogens (tertiary/aromatic N) is 1. The third-order valence-corrected chi connectivity index (χ3v) is 3.99. The highest BCUT2D eigenvalue weighted by atomic mass is 16.3. The maximum Gasteiger partial charge on any atom is 0.0695 e. The molecule has 1 heterocycles. The third kappa shape index (κ3) is 2.52. The van der Waals surface area contributed by atoms with E-state index in [-0.39, 0.29) is 6.10 Å². The molecule has 0 aromatic carbocycles. The molecular formula is C12H23NO2. The van der Waals surface area contributed by atoms with E-state index >= 15 is 0 Å². The average Bonchev–Trinajstić information content (AvgIpc) is 2.82. The highest BCUT2D eigenvalue weighted by Crippen LogP contribution is 2.31. The summed E-state index contributed by atoms with van der Waals surface area (Å²) < 4.78 is 0. The topological polar surface area (TPSA) is 43.7 Å². The summed E-state index contributed by atoms with van der Waals surface area (Å²) >= 11 is 0. The van der Waals surface area contributed by atoms with Crippen LogP contribution in [0.4, 0.5) is 0 Å². The Labute approximate surface area is 92.1 Å². The van der Waals surface area contributed by atoms with Crippen LogP contribution in [0.5, 0.6) is 0 Å². The summed E-state index contributed by atoms with van der Waals surface area (Å²) in [6.07, 6.45) is 7.74. The fourth-order valence-electron chi connectivity index (χ4n) is 3.24. The van der Waals surface area contributed by atoms with Crippen molar-refractivity contribution in [1.82, 2.24) is 4.90 Å². The number of aliphatic hydroxyl groups is 2. The Kier molecular flexibility index (Phi) is 4.00. The Hall–Kier alpha value is -0.120. The van der Waals surface area contributed by atoms with Gasteiger partial charge >= 0.3 is 0 Å². The van der Waals surface area contributed by atoms with Gasteiger partial charge in [-0.15, -0.1) is 0 Å². The van der Waals surface area contributed by atoms with Crippen LogP contribution >= 0.6 is 0 Å². The van der Waals surface area contributed by atoms with Crippen molar-refractivity contribution in [2.45, 2.75) is 63.1 Å². The molecule has 1 aliphatic carbocycles. The SMILES string of the molecule is OCCCC1CCCN1[C@@H]1CCC[C@H]1O. The average molecular weight is 213 g/mol. The zero-order chi connectivity index (χ0) is 10.7. The molecule has 88 valence electrons. The van der Waals surface area contributed by atoms with Gasteiger partial charge in [0.25, 0.3) is 0 Å². The zero-order valence-corrected chi connectivity index (χ0v) is 9.44. The molecule has 0 aromatic heterocycles. The van der Waals surface area contributed by atoms with Gasteiger partial charge in [0.05, 0.1) is 6.10 Å². The van der Waals surface area contributed by atoms with Crippen molar-refractivity contribution >= 4 is 0 Å². The molecule has 0 radical (unpaired) electrons. The molecule has 1 saturated heterocycles. The lowest BCUT2D eigenvalue weighted by Gasteiger charge is -2.32. The van der Waals surface area contributed by atoms with Crippen LogP contribution in [-0.4, -0.2) is 46.5 Å². The maximum atomic E-state index is 9.90. The first kappa shape index (κ1) is 11.4. The van der Waals surface area contributed by atoms with E-state index in [1.54, 1.807) is 0 Å². The molecule has 3 atom stereocenters. The summed E-state index contributed by atoms with van der Waals surface area (Å²) in [5.41, 5.74) is 0. The van der Waals surface area contributed by atoms with Gasteiger partial charge in [-0.25, -0.2) is 0 Å². The molecule has 2 N–H and O–H groups in total. The van der Waals surface area contributed by atoms with Gasteiger partial charge in [0.15, 0.2) is 0 Å². The molecule has 1 saturated carbocycles. The Balaban J connectivity index is 1.89. The second kappa shape index (κ2) is 5.28. The molecule has 2 rings (SSSR count). The second-order valence-corrected chi connectivity index (χ2v) is 4.97. The van der Waals surface area contributed by atoms with Gasteiger partial charge in [-0.3, -0.25) is 4.90 Å². The minimum absolute atomic E-state index is 0.0975. The molecule has 0 aromatic rings. The molecule has 2 aliphatic rings. The first-order valence-electron chi connectivity index (χ1n) is 6.37. The highest BCUT2D eigenvalue weighted by Gasteiger charge is 2.36. The van der Waals surface area contributed by atoms with E-state index in [1.165, 1.54) is 19.3 Å². The molecule has 0 amide bonds. The maximum absolute atomic E-state index is 9.90. The number of likely N-dealkylation sites (tertiary alicyclic amines) is 1.